The average Bonchev–Trinajstić information content (AvgIpc) is 3.23. The highest BCUT2D eigenvalue weighted by Crippen LogP contribution is 2.52. The number of ether oxygens (including phenoxy) is 2. The molecule has 8 nitrogen and oxygen atoms in total. The van der Waals surface area contributed by atoms with Gasteiger partial charge in [0.25, 0.3) is 0 Å². The predicted octanol–water partition coefficient (Wildman–Crippen LogP) is 0.474. The fraction of sp³-hybridized carbons (Fsp3) is 0.706. The first-order valence-electron chi connectivity index (χ1n) is 8.79. The van der Waals surface area contributed by atoms with Gasteiger partial charge in [-0.25, -0.2) is 4.79 Å². The number of piperidine rings is 1. The van der Waals surface area contributed by atoms with Gasteiger partial charge in [0.1, 0.15) is 11.5 Å². The van der Waals surface area contributed by atoms with Crippen molar-refractivity contribution in [3.05, 3.63) is 12.2 Å². The summed E-state index contributed by atoms with van der Waals surface area (Å²) < 4.78 is 10.9. The largest absolute Gasteiger partial charge is 0.481 e. The van der Waals surface area contributed by atoms with Crippen LogP contribution in [-0.2, 0) is 19.1 Å². The topological polar surface area (TPSA) is 96.4 Å². The second-order valence-electron chi connectivity index (χ2n) is 7.12. The van der Waals surface area contributed by atoms with E-state index in [-0.39, 0.29) is 18.0 Å². The second kappa shape index (κ2) is 5.72. The van der Waals surface area contributed by atoms with Crippen molar-refractivity contribution in [1.82, 2.24) is 9.80 Å². The van der Waals surface area contributed by atoms with Crippen LogP contribution in [0.25, 0.3) is 0 Å². The molecule has 3 saturated heterocycles. The van der Waals surface area contributed by atoms with E-state index in [2.05, 4.69) is 0 Å². The van der Waals surface area contributed by atoms with Crippen molar-refractivity contribution in [2.75, 3.05) is 26.2 Å². The van der Waals surface area contributed by atoms with Crippen molar-refractivity contribution in [2.45, 2.75) is 37.5 Å². The number of carbonyl (C=O) groups is 3. The Morgan fingerprint density at radius 2 is 2.12 bits per heavy atom. The number of likely N-dealkylation sites (tertiary alicyclic amines) is 2. The maximum absolute atomic E-state index is 12.9. The number of rotatable bonds is 3. The molecule has 0 aliphatic carbocycles. The highest BCUT2D eigenvalue weighted by Gasteiger charge is 2.67. The second-order valence-corrected chi connectivity index (χ2v) is 7.12. The van der Waals surface area contributed by atoms with Gasteiger partial charge in [0.2, 0.25) is 5.91 Å². The lowest BCUT2D eigenvalue weighted by Gasteiger charge is -2.37. The third-order valence-corrected chi connectivity index (χ3v) is 5.85. The molecule has 4 heterocycles. The molecule has 0 aromatic rings. The zero-order valence-corrected chi connectivity index (χ0v) is 14.1. The van der Waals surface area contributed by atoms with Gasteiger partial charge in [-0.2, -0.15) is 0 Å². The van der Waals surface area contributed by atoms with Crippen molar-refractivity contribution in [1.29, 1.82) is 0 Å². The van der Waals surface area contributed by atoms with Crippen LogP contribution < -0.4 is 0 Å². The fourth-order valence-electron chi connectivity index (χ4n) is 4.69. The Bertz CT molecular complexity index is 641. The molecule has 0 radical (unpaired) electrons. The Morgan fingerprint density at radius 3 is 2.76 bits per heavy atom. The molecule has 0 aromatic carbocycles. The number of aliphatic carboxylic acids is 1. The van der Waals surface area contributed by atoms with Gasteiger partial charge in [0.15, 0.2) is 0 Å². The first-order valence-corrected chi connectivity index (χ1v) is 8.79. The normalized spacial score (nSPS) is 36.8. The lowest BCUT2D eigenvalue weighted by molar-refractivity contribution is -0.148. The molecule has 4 rings (SSSR count). The third kappa shape index (κ3) is 2.34. The van der Waals surface area contributed by atoms with Crippen LogP contribution in [0, 0.1) is 11.8 Å². The van der Waals surface area contributed by atoms with E-state index < -0.39 is 29.5 Å². The quantitative estimate of drug-likeness (QED) is 0.744. The van der Waals surface area contributed by atoms with Gasteiger partial charge in [-0.3, -0.25) is 9.59 Å². The van der Waals surface area contributed by atoms with Crippen molar-refractivity contribution < 1.29 is 29.0 Å². The smallest absolute Gasteiger partial charge is 0.409 e. The van der Waals surface area contributed by atoms with E-state index in [4.69, 9.17) is 9.47 Å². The number of nitrogens with zero attached hydrogens (tertiary/aromatic N) is 2. The Morgan fingerprint density at radius 1 is 1.40 bits per heavy atom. The molecule has 2 amide bonds. The van der Waals surface area contributed by atoms with Crippen LogP contribution in [0.5, 0.6) is 0 Å². The average molecular weight is 350 g/mol. The van der Waals surface area contributed by atoms with E-state index in [9.17, 15) is 19.5 Å². The van der Waals surface area contributed by atoms with Gasteiger partial charge in [0.05, 0.1) is 25.2 Å². The van der Waals surface area contributed by atoms with Crippen molar-refractivity contribution in [3.8, 4) is 0 Å². The number of hydrogen-bond donors (Lipinski definition) is 1. The molecule has 4 aliphatic heterocycles. The molecule has 2 bridgehead atoms. The number of carbonyl (C=O) groups excluding carboxylic acids is 2. The van der Waals surface area contributed by atoms with Gasteiger partial charge >= 0.3 is 12.1 Å². The number of hydrogen-bond acceptors (Lipinski definition) is 5. The van der Waals surface area contributed by atoms with Crippen LogP contribution in [0.1, 0.15) is 19.8 Å². The summed E-state index contributed by atoms with van der Waals surface area (Å²) in [5.74, 6) is -2.55. The van der Waals surface area contributed by atoms with E-state index in [1.54, 1.807) is 22.8 Å². The standard InChI is InChI=1S/C17H22N2O6/c1-2-24-16(23)18-7-4-10(5-8-18)19-9-17-6-3-11(25-17)12(15(21)22)13(17)14(19)20/h3,6,10-13H,2,4-5,7-9H2,1H3,(H,21,22)/t11-,12-,13+,17+/m0/s1. The SMILES string of the molecule is CCOC(=O)N1CCC(N2C[C@@]34C=C[C@H](O3)[C@H](C(=O)O)[C@@H]4C2=O)CC1. The molecule has 4 aliphatic rings. The molecule has 0 unspecified atom stereocenters. The maximum atomic E-state index is 12.9. The van der Waals surface area contributed by atoms with E-state index in [1.165, 1.54) is 0 Å². The van der Waals surface area contributed by atoms with E-state index in [1.807, 2.05) is 6.08 Å². The number of amides is 2. The summed E-state index contributed by atoms with van der Waals surface area (Å²) in [6, 6.07) is 0.00338. The summed E-state index contributed by atoms with van der Waals surface area (Å²) >= 11 is 0. The molecule has 136 valence electrons. The third-order valence-electron chi connectivity index (χ3n) is 5.85. The molecule has 3 fully saturated rings. The summed E-state index contributed by atoms with van der Waals surface area (Å²) in [7, 11) is 0. The highest BCUT2D eigenvalue weighted by molar-refractivity contribution is 5.91. The van der Waals surface area contributed by atoms with Crippen LogP contribution in [-0.4, -0.2) is 76.9 Å². The summed E-state index contributed by atoms with van der Waals surface area (Å²) in [4.78, 5) is 39.8. The van der Waals surface area contributed by atoms with Crippen LogP contribution >= 0.6 is 0 Å². The summed E-state index contributed by atoms with van der Waals surface area (Å²) in [5, 5.41) is 9.50. The molecular weight excluding hydrogens is 328 g/mol. The van der Waals surface area contributed by atoms with Gasteiger partial charge in [0, 0.05) is 19.1 Å². The van der Waals surface area contributed by atoms with Gasteiger partial charge < -0.3 is 24.4 Å². The first kappa shape index (κ1) is 16.4. The lowest BCUT2D eigenvalue weighted by atomic mass is 9.77. The first-order chi connectivity index (χ1) is 12.0. The summed E-state index contributed by atoms with van der Waals surface area (Å²) in [6.45, 7) is 3.58. The fourth-order valence-corrected chi connectivity index (χ4v) is 4.69. The van der Waals surface area contributed by atoms with Crippen LogP contribution in [0.2, 0.25) is 0 Å². The molecule has 8 heteroatoms. The minimum atomic E-state index is -0.978. The van der Waals surface area contributed by atoms with Crippen molar-refractivity contribution in [3.63, 3.8) is 0 Å². The molecule has 1 N–H and O–H groups in total. The Balaban J connectivity index is 1.46. The molecule has 1 spiro atoms. The minimum Gasteiger partial charge on any atom is -0.481 e. The zero-order valence-electron chi connectivity index (χ0n) is 14.1. The monoisotopic (exact) mass is 350 g/mol. The maximum Gasteiger partial charge on any atom is 0.409 e. The van der Waals surface area contributed by atoms with E-state index in [0.29, 0.717) is 39.1 Å². The van der Waals surface area contributed by atoms with E-state index in [0.717, 1.165) is 0 Å². The van der Waals surface area contributed by atoms with Gasteiger partial charge in [-0.1, -0.05) is 12.2 Å². The Labute approximate surface area is 145 Å². The highest BCUT2D eigenvalue weighted by atomic mass is 16.6. The predicted molar refractivity (Wildman–Crippen MR) is 84.7 cm³/mol. The van der Waals surface area contributed by atoms with Gasteiger partial charge in [-0.15, -0.1) is 0 Å². The van der Waals surface area contributed by atoms with Crippen LogP contribution in [0.15, 0.2) is 12.2 Å². The number of carboxylic acid groups (broad SMARTS) is 1. The van der Waals surface area contributed by atoms with Crippen molar-refractivity contribution >= 4 is 18.0 Å². The molecule has 0 aromatic heterocycles. The van der Waals surface area contributed by atoms with Crippen LogP contribution in [0.3, 0.4) is 0 Å². The minimum absolute atomic E-state index is 0.00338. The molecule has 25 heavy (non-hydrogen) atoms. The lowest BCUT2D eigenvalue weighted by Crippen LogP contribution is -2.48. The number of fused-ring (bicyclic) bond motifs is 1. The molecule has 4 atom stereocenters. The van der Waals surface area contributed by atoms with Crippen molar-refractivity contribution in [2.24, 2.45) is 11.8 Å². The molecule has 0 saturated carbocycles. The summed E-state index contributed by atoms with van der Waals surface area (Å²) in [6.07, 6.45) is 4.15. The Kier molecular flexibility index (Phi) is 3.75. The molecular formula is C17H22N2O6. The zero-order chi connectivity index (χ0) is 17.8. The van der Waals surface area contributed by atoms with Crippen LogP contribution in [0.4, 0.5) is 4.79 Å². The summed E-state index contributed by atoms with van der Waals surface area (Å²) in [5.41, 5.74) is -0.789. The van der Waals surface area contributed by atoms with E-state index >= 15 is 0 Å². The Hall–Kier alpha value is -2.09. The van der Waals surface area contributed by atoms with Gasteiger partial charge in [-0.05, 0) is 19.8 Å². The number of carboxylic acids is 1.